The molecule has 0 saturated carbocycles. The van der Waals surface area contributed by atoms with E-state index >= 15 is 0 Å². The first kappa shape index (κ1) is 97.4. The number of carbonyl (C=O) groups is 3. The number of hydrogen-bond donors (Lipinski definition) is 7. The fraction of sp³-hybridized carbons (Fsp3) is 0.219. The summed E-state index contributed by atoms with van der Waals surface area (Å²) in [4.78, 5) is 79.5. The van der Waals surface area contributed by atoms with Gasteiger partial charge >= 0.3 is 0 Å². The number of fused-ring (bicyclic) bond motifs is 3. The van der Waals surface area contributed by atoms with Crippen LogP contribution < -0.4 is 60.3 Å². The van der Waals surface area contributed by atoms with Crippen molar-refractivity contribution in [2.45, 2.75) is 72.8 Å². The highest BCUT2D eigenvalue weighted by atomic mass is 35.5. The molecule has 0 radical (unpaired) electrons. The first-order chi connectivity index (χ1) is 64.7. The molecule has 15 aromatic rings. The van der Waals surface area contributed by atoms with Crippen molar-refractivity contribution in [1.29, 1.82) is 0 Å². The molecule has 0 aliphatic rings. The Balaban J connectivity index is 0.000000171. The number of carbonyl (C=O) groups excluding carboxylic acids is 3. The van der Waals surface area contributed by atoms with Crippen molar-refractivity contribution in [3.05, 3.63) is 265 Å². The molecule has 6 aromatic carbocycles. The molecule has 0 aliphatic carbocycles. The predicted octanol–water partition coefficient (Wildman–Crippen LogP) is 19.7. The van der Waals surface area contributed by atoms with Crippen LogP contribution in [0, 0.1) is 20.8 Å². The Hall–Kier alpha value is -14.1. The molecule has 0 fully saturated rings. The minimum atomic E-state index is -0.0971. The molecule has 0 saturated heterocycles. The maximum absolute atomic E-state index is 12.2. The van der Waals surface area contributed by atoms with Gasteiger partial charge in [0.25, 0.3) is 0 Å². The van der Waals surface area contributed by atoms with E-state index in [4.69, 9.17) is 133 Å². The number of benzene rings is 6. The molecule has 0 spiro atoms. The number of anilines is 9. The van der Waals surface area contributed by atoms with E-state index in [-0.39, 0.29) is 63.3 Å². The van der Waals surface area contributed by atoms with E-state index < -0.39 is 0 Å². The number of ether oxygens (including phenoxy) is 7. The summed E-state index contributed by atoms with van der Waals surface area (Å²) in [6.07, 6.45) is 20.5. The Kier molecular flexibility index (Phi) is 32.6. The average molecular weight is 1930 g/mol. The molecule has 9 aromatic heterocycles. The number of para-hydroxylation sites is 3. The van der Waals surface area contributed by atoms with Crippen LogP contribution in [0.2, 0.25) is 30.1 Å². The molecule has 32 nitrogen and oxygen atoms in total. The molecular formula is C96H93Cl6N21O11. The SMILES string of the molecule is C=CC(=O)Cc1cccc(C)c1Nc1ncc2cc(-c3c(Cl)c(OC)cc(OC)c3Cl)nc(NCc3cnn(C)c3)c2n1.C=CC(=O)Cc1cccc(C)c1Nc1ncc2cc(-c3c(Cl)c(OC)cc(OC)c3Cl)nc(NCc3cnn(CCO)c3)c2n1.C=CC(=O)Cc1cccc(C)c1Nc1ncc2cc(-c3c(Cl)c(OC)cc(OC)c3Cl)nc(NCc3cnn(CCOC)c3)c2n1. The third kappa shape index (κ3) is 22.8. The second kappa shape index (κ2) is 44.9. The highest BCUT2D eigenvalue weighted by Crippen LogP contribution is 2.50. The predicted molar refractivity (Wildman–Crippen MR) is 526 cm³/mol. The van der Waals surface area contributed by atoms with E-state index in [0.29, 0.717) is 186 Å². The van der Waals surface area contributed by atoms with Gasteiger partial charge in [-0.3, -0.25) is 28.4 Å². The van der Waals surface area contributed by atoms with Gasteiger partial charge in [-0.05, 0) is 90.6 Å². The number of ketones is 3. The van der Waals surface area contributed by atoms with Gasteiger partial charge in [0.15, 0.2) is 34.8 Å². The molecule has 0 amide bonds. The highest BCUT2D eigenvalue weighted by Gasteiger charge is 2.28. The van der Waals surface area contributed by atoms with Crippen molar-refractivity contribution in [2.24, 2.45) is 7.05 Å². The van der Waals surface area contributed by atoms with Gasteiger partial charge in [0.2, 0.25) is 17.8 Å². The van der Waals surface area contributed by atoms with Crippen molar-refractivity contribution in [3.63, 3.8) is 0 Å². The van der Waals surface area contributed by atoms with Crippen LogP contribution in [0.15, 0.2) is 185 Å². The second-order valence-corrected chi connectivity index (χ2v) is 32.3. The summed E-state index contributed by atoms with van der Waals surface area (Å²) in [5, 5.41) is 46.0. The molecule has 690 valence electrons. The zero-order chi connectivity index (χ0) is 95.6. The van der Waals surface area contributed by atoms with Crippen LogP contribution in [-0.2, 0) is 78.2 Å². The summed E-state index contributed by atoms with van der Waals surface area (Å²) < 4.78 is 43.2. The maximum Gasteiger partial charge on any atom is 0.227 e. The van der Waals surface area contributed by atoms with Crippen LogP contribution in [0.5, 0.6) is 34.5 Å². The Morgan fingerprint density at radius 1 is 0.403 bits per heavy atom. The lowest BCUT2D eigenvalue weighted by Gasteiger charge is -2.17. The van der Waals surface area contributed by atoms with Gasteiger partial charge in [0.1, 0.15) is 51.0 Å². The Morgan fingerprint density at radius 3 is 0.978 bits per heavy atom. The third-order valence-corrected chi connectivity index (χ3v) is 23.4. The van der Waals surface area contributed by atoms with E-state index in [1.807, 2.05) is 112 Å². The summed E-state index contributed by atoms with van der Waals surface area (Å²) in [6.45, 7) is 19.4. The smallest absolute Gasteiger partial charge is 0.227 e. The van der Waals surface area contributed by atoms with E-state index in [2.05, 4.69) is 81.9 Å². The van der Waals surface area contributed by atoms with Crippen LogP contribution in [0.1, 0.15) is 50.1 Å². The average Bonchev–Trinajstić information content (AvgIpc) is 0.876. The normalized spacial score (nSPS) is 11.0. The monoisotopic (exact) mass is 1930 g/mol. The molecular weight excluding hydrogens is 1840 g/mol. The van der Waals surface area contributed by atoms with Gasteiger partial charge < -0.3 is 70.2 Å². The number of methoxy groups -OCH3 is 7. The summed E-state index contributed by atoms with van der Waals surface area (Å²) in [5.41, 5.74) is 14.6. The van der Waals surface area contributed by atoms with Gasteiger partial charge in [-0.25, -0.2) is 44.9 Å². The lowest BCUT2D eigenvalue weighted by Crippen LogP contribution is -2.08. The zero-order valence-electron chi connectivity index (χ0n) is 74.8. The number of pyridine rings is 3. The first-order valence-electron chi connectivity index (χ1n) is 41.4. The molecule has 0 atom stereocenters. The number of nitrogens with one attached hydrogen (secondary N) is 6. The molecule has 7 N–H and O–H groups in total. The van der Waals surface area contributed by atoms with Gasteiger partial charge in [-0.2, -0.15) is 15.3 Å². The molecule has 15 rings (SSSR count). The maximum atomic E-state index is 12.2. The molecule has 134 heavy (non-hydrogen) atoms. The van der Waals surface area contributed by atoms with Crippen LogP contribution >= 0.6 is 69.6 Å². The van der Waals surface area contributed by atoms with Crippen molar-refractivity contribution in [1.82, 2.24) is 74.2 Å². The number of rotatable bonds is 38. The fourth-order valence-corrected chi connectivity index (χ4v) is 16.4. The lowest BCUT2D eigenvalue weighted by atomic mass is 10.0. The Bertz CT molecular complexity index is 6870. The quantitative estimate of drug-likeness (QED) is 0.0177. The summed E-state index contributed by atoms with van der Waals surface area (Å²) in [5.74, 6) is 4.40. The minimum Gasteiger partial charge on any atom is -0.495 e. The lowest BCUT2D eigenvalue weighted by molar-refractivity contribution is -0.114. The minimum absolute atomic E-state index is 0.0225. The number of aliphatic hydroxyl groups excluding tert-OH is 1. The number of halogens is 6. The number of aliphatic hydroxyl groups is 1. The van der Waals surface area contributed by atoms with Crippen molar-refractivity contribution in [2.75, 3.05) is 94.9 Å². The zero-order valence-corrected chi connectivity index (χ0v) is 79.3. The van der Waals surface area contributed by atoms with Crippen LogP contribution in [0.4, 0.5) is 52.4 Å². The van der Waals surface area contributed by atoms with Gasteiger partial charge in [-0.15, -0.1) is 0 Å². The van der Waals surface area contributed by atoms with Gasteiger partial charge in [0, 0.05) is 175 Å². The second-order valence-electron chi connectivity index (χ2n) is 30.1. The molecule has 0 unspecified atom stereocenters. The van der Waals surface area contributed by atoms with Crippen molar-refractivity contribution in [3.8, 4) is 68.3 Å². The van der Waals surface area contributed by atoms with Crippen molar-refractivity contribution < 1.29 is 52.6 Å². The first-order valence-corrected chi connectivity index (χ1v) is 43.7. The highest BCUT2D eigenvalue weighted by molar-refractivity contribution is 6.42. The number of hydrogen-bond acceptors (Lipinski definition) is 29. The molecule has 0 bridgehead atoms. The summed E-state index contributed by atoms with van der Waals surface area (Å²) in [6, 6.07) is 27.5. The Morgan fingerprint density at radius 2 is 0.701 bits per heavy atom. The van der Waals surface area contributed by atoms with Gasteiger partial charge in [0.05, 0.1) is 135 Å². The molecule has 38 heteroatoms. The Labute approximate surface area is 801 Å². The third-order valence-electron chi connectivity index (χ3n) is 21.1. The largest absolute Gasteiger partial charge is 0.495 e. The topological polar surface area (TPSA) is 378 Å². The van der Waals surface area contributed by atoms with Crippen LogP contribution in [0.3, 0.4) is 0 Å². The van der Waals surface area contributed by atoms with E-state index in [1.165, 1.54) is 60.9 Å². The number of nitrogens with zero attached hydrogens (tertiary/aromatic N) is 15. The van der Waals surface area contributed by atoms with Crippen LogP contribution in [-0.4, -0.2) is 160 Å². The fourth-order valence-electron chi connectivity index (χ4n) is 14.3. The summed E-state index contributed by atoms with van der Waals surface area (Å²) in [7, 11) is 12.6. The van der Waals surface area contributed by atoms with E-state index in [1.54, 1.807) is 84.0 Å². The molecule has 0 aliphatic heterocycles. The van der Waals surface area contributed by atoms with Gasteiger partial charge in [-0.1, -0.05) is 144 Å². The van der Waals surface area contributed by atoms with E-state index in [9.17, 15) is 19.5 Å². The standard InChI is InChI=1S/C33H33Cl2N7O4.C32H31Cl2N7O4.C31H29Cl2N7O3/c1-6-23(43)12-21-9-7-8-19(2)30(21)40-33-37-17-22-13-24(27-28(34)25(45-4)14-26(46-5)29(27)35)39-32(31(22)41-33)36-15-20-16-38-42(18-20)10-11-44-3;1-5-22(43)11-20-8-6-7-18(2)29(20)39-32-36-16-21-12-23(26-27(33)24(44-3)13-25(45-4)28(26)34)38-31(30(21)40-32)35-14-19-15-37-41(17-19)9-10-42;1-6-21(41)10-19-9-7-8-17(2)28(19)38-31-35-15-20-11-22(25-26(32)23(42-4)12-24(43-5)27(25)33)37-30(29(20)39-31)34-13-18-14-36-40(3)16-18/h6-9,13-14,16-18H,1,10-12,15H2,2-5H3,(H,36,39)(H,37,40,41);5-8,12-13,15-17,42H,1,9-11,14H2,2-4H3,(H,35,38)(H,36,39,40);6-9,11-12,14-16H,1,10,13H2,2-5H3,(H,34,37)(H,35,38,39). The molecule has 9 heterocycles. The van der Waals surface area contributed by atoms with Crippen molar-refractivity contribution >= 4 is 172 Å². The van der Waals surface area contributed by atoms with Crippen LogP contribution in [0.25, 0.3) is 66.5 Å². The number of allylic oxidation sites excluding steroid dienone is 3. The number of aromatic nitrogens is 15. The van der Waals surface area contributed by atoms with E-state index in [0.717, 1.165) is 67.1 Å². The number of aryl methyl sites for hydroxylation is 4. The summed E-state index contributed by atoms with van der Waals surface area (Å²) >= 11 is 40.5.